The van der Waals surface area contributed by atoms with Gasteiger partial charge in [-0.05, 0) is 42.8 Å². The Labute approximate surface area is 199 Å². The highest BCUT2D eigenvalue weighted by Crippen LogP contribution is 2.49. The number of rotatable bonds is 3. The lowest BCUT2D eigenvalue weighted by Gasteiger charge is -2.26. The summed E-state index contributed by atoms with van der Waals surface area (Å²) in [5.41, 5.74) is 6.04. The van der Waals surface area contributed by atoms with Crippen molar-refractivity contribution >= 4 is 5.65 Å². The van der Waals surface area contributed by atoms with Crippen LogP contribution in [0.1, 0.15) is 28.3 Å². The van der Waals surface area contributed by atoms with Crippen LogP contribution in [-0.2, 0) is 0 Å². The van der Waals surface area contributed by atoms with Gasteiger partial charge in [0.2, 0.25) is 11.8 Å². The van der Waals surface area contributed by atoms with E-state index in [2.05, 4.69) is 26.1 Å². The van der Waals surface area contributed by atoms with Crippen LogP contribution in [0.2, 0.25) is 0 Å². The Morgan fingerprint density at radius 2 is 1.69 bits per heavy atom. The summed E-state index contributed by atoms with van der Waals surface area (Å²) in [5.74, 6) is 1.45. The molecular formula is C26H18N8O. The molecule has 9 nitrogen and oxygen atoms in total. The lowest BCUT2D eigenvalue weighted by Crippen LogP contribution is -2.16. The van der Waals surface area contributed by atoms with Crippen molar-refractivity contribution in [1.29, 1.82) is 0 Å². The van der Waals surface area contributed by atoms with Gasteiger partial charge in [0.1, 0.15) is 6.33 Å². The fraction of sp³-hybridized carbons (Fsp3) is 0.0769. The molecule has 1 atom stereocenters. The van der Waals surface area contributed by atoms with E-state index < -0.39 is 0 Å². The van der Waals surface area contributed by atoms with Crippen LogP contribution in [0.25, 0.3) is 22.7 Å². The molecule has 0 amide bonds. The van der Waals surface area contributed by atoms with Crippen LogP contribution < -0.4 is 4.74 Å². The molecule has 0 spiro atoms. The van der Waals surface area contributed by atoms with Gasteiger partial charge in [0.05, 0.1) is 28.4 Å². The first-order chi connectivity index (χ1) is 17.3. The van der Waals surface area contributed by atoms with E-state index in [1.54, 1.807) is 29.4 Å². The number of aromatic nitrogens is 8. The second-order valence-corrected chi connectivity index (χ2v) is 8.28. The van der Waals surface area contributed by atoms with Gasteiger partial charge in [0.15, 0.2) is 11.5 Å². The normalized spacial score (nSPS) is 14.4. The number of para-hydroxylation sites is 1. The third-order valence-corrected chi connectivity index (χ3v) is 6.16. The van der Waals surface area contributed by atoms with Gasteiger partial charge in [0.25, 0.3) is 0 Å². The molecule has 0 unspecified atom stereocenters. The smallest absolute Gasteiger partial charge is 0.230 e. The number of aryl methyl sites for hydroxylation is 1. The monoisotopic (exact) mass is 458 g/mol. The average Bonchev–Trinajstić information content (AvgIpc) is 3.50. The van der Waals surface area contributed by atoms with Gasteiger partial charge in [-0.2, -0.15) is 5.10 Å². The van der Waals surface area contributed by atoms with Crippen LogP contribution >= 0.6 is 0 Å². The second-order valence-electron chi connectivity index (χ2n) is 8.28. The molecule has 0 saturated heterocycles. The minimum atomic E-state index is -0.234. The zero-order valence-electron chi connectivity index (χ0n) is 18.6. The van der Waals surface area contributed by atoms with Crippen molar-refractivity contribution in [3.63, 3.8) is 0 Å². The van der Waals surface area contributed by atoms with Crippen molar-refractivity contribution in [2.75, 3.05) is 0 Å². The minimum Gasteiger partial charge on any atom is -0.420 e. The summed E-state index contributed by atoms with van der Waals surface area (Å²) in [5, 5.41) is 9.51. The summed E-state index contributed by atoms with van der Waals surface area (Å²) in [6.45, 7) is 1.99. The Bertz CT molecular complexity index is 1680. The summed E-state index contributed by atoms with van der Waals surface area (Å²) in [4.78, 5) is 18.1. The highest BCUT2D eigenvalue weighted by atomic mass is 16.5. The lowest BCUT2D eigenvalue weighted by atomic mass is 9.85. The molecule has 168 valence electrons. The quantitative estimate of drug-likeness (QED) is 0.388. The SMILES string of the molecule is Cc1nn(-c2ccccc2)c2c1[C@@H](c1cccnc1)c1c(ncn3nc(-c4cccnc4)nc13)O2. The Morgan fingerprint density at radius 3 is 2.46 bits per heavy atom. The summed E-state index contributed by atoms with van der Waals surface area (Å²) < 4.78 is 9.95. The summed E-state index contributed by atoms with van der Waals surface area (Å²) in [7, 11) is 0. The third kappa shape index (κ3) is 3.02. The fourth-order valence-electron chi connectivity index (χ4n) is 4.62. The molecule has 0 bridgehead atoms. The molecule has 6 aromatic rings. The van der Waals surface area contributed by atoms with E-state index in [-0.39, 0.29) is 5.92 Å². The van der Waals surface area contributed by atoms with E-state index in [4.69, 9.17) is 14.8 Å². The Balaban J connectivity index is 1.50. The molecular weight excluding hydrogens is 440 g/mol. The van der Waals surface area contributed by atoms with Crippen molar-refractivity contribution in [3.8, 4) is 28.8 Å². The molecule has 6 heterocycles. The van der Waals surface area contributed by atoms with Gasteiger partial charge >= 0.3 is 0 Å². The Morgan fingerprint density at radius 1 is 0.857 bits per heavy atom. The topological polar surface area (TPSA) is 95.9 Å². The van der Waals surface area contributed by atoms with Crippen molar-refractivity contribution in [3.05, 3.63) is 108 Å². The fourth-order valence-corrected chi connectivity index (χ4v) is 4.62. The van der Waals surface area contributed by atoms with Gasteiger partial charge in [0, 0.05) is 30.4 Å². The summed E-state index contributed by atoms with van der Waals surface area (Å²) >= 11 is 0. The molecule has 35 heavy (non-hydrogen) atoms. The number of pyridine rings is 2. The Kier molecular flexibility index (Phi) is 4.22. The highest BCUT2D eigenvalue weighted by Gasteiger charge is 2.38. The average molecular weight is 458 g/mol. The van der Waals surface area contributed by atoms with E-state index in [9.17, 15) is 0 Å². The van der Waals surface area contributed by atoms with Crippen molar-refractivity contribution in [1.82, 2.24) is 39.3 Å². The molecule has 9 heteroatoms. The molecule has 0 fully saturated rings. The molecule has 1 aliphatic rings. The molecule has 1 aromatic carbocycles. The summed E-state index contributed by atoms with van der Waals surface area (Å²) in [6.07, 6.45) is 8.73. The van der Waals surface area contributed by atoms with Gasteiger partial charge in [-0.1, -0.05) is 24.3 Å². The Hall–Kier alpha value is -4.92. The number of fused-ring (bicyclic) bond motifs is 4. The predicted molar refractivity (Wildman–Crippen MR) is 128 cm³/mol. The van der Waals surface area contributed by atoms with E-state index in [1.165, 1.54) is 0 Å². The van der Waals surface area contributed by atoms with Crippen LogP contribution in [0.4, 0.5) is 0 Å². The maximum absolute atomic E-state index is 6.43. The van der Waals surface area contributed by atoms with Crippen LogP contribution in [0.5, 0.6) is 11.8 Å². The van der Waals surface area contributed by atoms with Crippen molar-refractivity contribution < 1.29 is 4.74 Å². The van der Waals surface area contributed by atoms with E-state index in [1.807, 2.05) is 66.3 Å². The first-order valence-electron chi connectivity index (χ1n) is 11.2. The van der Waals surface area contributed by atoms with Crippen LogP contribution in [0.3, 0.4) is 0 Å². The molecule has 5 aromatic heterocycles. The van der Waals surface area contributed by atoms with Gasteiger partial charge in [-0.25, -0.2) is 19.2 Å². The molecule has 1 aliphatic heterocycles. The standard InChI is InChI=1S/C26H18N8O/c1-16-20-21(17-7-5-11-27-13-17)22-24-30-23(18-8-6-12-28-14-18)32-33(24)15-29-25(22)35-26(20)34(31-16)19-9-3-2-4-10-19/h2-15,21H,1H3/t21-/m1/s1. The zero-order chi connectivity index (χ0) is 23.4. The number of hydrogen-bond acceptors (Lipinski definition) is 7. The second kappa shape index (κ2) is 7.56. The lowest BCUT2D eigenvalue weighted by molar-refractivity contribution is 0.402. The van der Waals surface area contributed by atoms with Gasteiger partial charge in [-0.3, -0.25) is 9.97 Å². The van der Waals surface area contributed by atoms with Crippen LogP contribution in [-0.4, -0.2) is 39.3 Å². The highest BCUT2D eigenvalue weighted by molar-refractivity contribution is 5.68. The van der Waals surface area contributed by atoms with Crippen LogP contribution in [0.15, 0.2) is 85.7 Å². The van der Waals surface area contributed by atoms with E-state index in [0.29, 0.717) is 23.2 Å². The predicted octanol–water partition coefficient (Wildman–Crippen LogP) is 4.36. The summed E-state index contributed by atoms with van der Waals surface area (Å²) in [6, 6.07) is 17.7. The van der Waals surface area contributed by atoms with Crippen molar-refractivity contribution in [2.45, 2.75) is 12.8 Å². The minimum absolute atomic E-state index is 0.234. The number of hydrogen-bond donors (Lipinski definition) is 0. The van der Waals surface area contributed by atoms with E-state index in [0.717, 1.165) is 33.6 Å². The molecule has 0 aliphatic carbocycles. The maximum atomic E-state index is 6.43. The first kappa shape index (κ1) is 19.5. The molecule has 7 rings (SSSR count). The molecule has 0 radical (unpaired) electrons. The largest absolute Gasteiger partial charge is 0.420 e. The van der Waals surface area contributed by atoms with Crippen LogP contribution in [0, 0.1) is 6.92 Å². The van der Waals surface area contributed by atoms with Gasteiger partial charge in [-0.15, -0.1) is 5.10 Å². The maximum Gasteiger partial charge on any atom is 0.230 e. The third-order valence-electron chi connectivity index (χ3n) is 6.16. The first-order valence-corrected chi connectivity index (χ1v) is 11.2. The molecule has 0 saturated carbocycles. The zero-order valence-corrected chi connectivity index (χ0v) is 18.6. The van der Waals surface area contributed by atoms with Gasteiger partial charge < -0.3 is 4.74 Å². The molecule has 0 N–H and O–H groups in total. The van der Waals surface area contributed by atoms with Crippen molar-refractivity contribution in [2.24, 2.45) is 0 Å². The number of nitrogens with zero attached hydrogens (tertiary/aromatic N) is 8. The number of benzene rings is 1. The van der Waals surface area contributed by atoms with E-state index >= 15 is 0 Å². The number of ether oxygens (including phenoxy) is 1.